The molecular formula is C8H17NO2. The van der Waals surface area contributed by atoms with Gasteiger partial charge in [0.1, 0.15) is 5.72 Å². The maximum Gasteiger partial charge on any atom is 0.145 e. The summed E-state index contributed by atoms with van der Waals surface area (Å²) in [5, 5.41) is 9.53. The average Bonchev–Trinajstić information content (AvgIpc) is 2.70. The summed E-state index contributed by atoms with van der Waals surface area (Å²) in [7, 11) is 0. The van der Waals surface area contributed by atoms with E-state index < -0.39 is 5.72 Å². The van der Waals surface area contributed by atoms with Crippen LogP contribution in [0, 0.1) is 5.92 Å². The van der Waals surface area contributed by atoms with Crippen molar-refractivity contribution in [3.63, 3.8) is 0 Å². The van der Waals surface area contributed by atoms with Crippen molar-refractivity contribution in [2.45, 2.75) is 38.5 Å². The third-order valence-corrected chi connectivity index (χ3v) is 2.43. The fourth-order valence-electron chi connectivity index (χ4n) is 1.53. The molecule has 0 aromatic carbocycles. The van der Waals surface area contributed by atoms with Crippen LogP contribution < -0.4 is 5.73 Å². The van der Waals surface area contributed by atoms with Gasteiger partial charge in [0.05, 0.1) is 12.7 Å². The largest absolute Gasteiger partial charge is 0.393 e. The Bertz CT molecular complexity index is 134. The monoisotopic (exact) mass is 159 g/mol. The van der Waals surface area contributed by atoms with Crippen LogP contribution in [0.2, 0.25) is 0 Å². The molecule has 3 heteroatoms. The van der Waals surface area contributed by atoms with E-state index >= 15 is 0 Å². The standard InChI is InChI=1S/C8H17NO2/c1-3-6(7(10)4-2)8(9)5-11-8/h6-7,10H,3-5,9H2,1-2H3. The Hall–Kier alpha value is -0.120. The summed E-state index contributed by atoms with van der Waals surface area (Å²) in [4.78, 5) is 0. The van der Waals surface area contributed by atoms with Crippen LogP contribution in [0.5, 0.6) is 0 Å². The third kappa shape index (κ3) is 1.72. The summed E-state index contributed by atoms with van der Waals surface area (Å²) in [5.74, 6) is 0.104. The van der Waals surface area contributed by atoms with Crippen LogP contribution in [0.15, 0.2) is 0 Å². The van der Waals surface area contributed by atoms with E-state index in [0.29, 0.717) is 6.61 Å². The molecule has 3 nitrogen and oxygen atoms in total. The molecular weight excluding hydrogens is 142 g/mol. The van der Waals surface area contributed by atoms with Crippen LogP contribution in [0.25, 0.3) is 0 Å². The maximum absolute atomic E-state index is 9.53. The Labute approximate surface area is 67.5 Å². The average molecular weight is 159 g/mol. The van der Waals surface area contributed by atoms with E-state index in [9.17, 15) is 5.11 Å². The van der Waals surface area contributed by atoms with Gasteiger partial charge in [-0.25, -0.2) is 0 Å². The number of nitrogens with two attached hydrogens (primary N) is 1. The highest BCUT2D eigenvalue weighted by Gasteiger charge is 2.49. The molecule has 1 heterocycles. The minimum absolute atomic E-state index is 0.104. The van der Waals surface area contributed by atoms with Crippen molar-refractivity contribution in [3.8, 4) is 0 Å². The zero-order valence-corrected chi connectivity index (χ0v) is 7.21. The van der Waals surface area contributed by atoms with Crippen molar-refractivity contribution in [3.05, 3.63) is 0 Å². The van der Waals surface area contributed by atoms with Crippen LogP contribution in [0.3, 0.4) is 0 Å². The predicted molar refractivity (Wildman–Crippen MR) is 42.9 cm³/mol. The summed E-state index contributed by atoms with van der Waals surface area (Å²) in [6.45, 7) is 4.58. The Kier molecular flexibility index (Phi) is 2.52. The topological polar surface area (TPSA) is 58.8 Å². The van der Waals surface area contributed by atoms with Gasteiger partial charge >= 0.3 is 0 Å². The van der Waals surface area contributed by atoms with E-state index in [0.717, 1.165) is 12.8 Å². The van der Waals surface area contributed by atoms with Crippen LogP contribution in [-0.4, -0.2) is 23.5 Å². The van der Waals surface area contributed by atoms with E-state index in [2.05, 4.69) is 0 Å². The molecule has 11 heavy (non-hydrogen) atoms. The molecule has 1 fully saturated rings. The van der Waals surface area contributed by atoms with E-state index in [1.165, 1.54) is 0 Å². The highest BCUT2D eigenvalue weighted by atomic mass is 16.6. The van der Waals surface area contributed by atoms with Gasteiger partial charge in [0, 0.05) is 5.92 Å². The molecule has 3 unspecified atom stereocenters. The number of hydrogen-bond acceptors (Lipinski definition) is 3. The molecule has 0 radical (unpaired) electrons. The SMILES string of the molecule is CCC(O)C(CC)C1(N)CO1. The van der Waals surface area contributed by atoms with Crippen molar-refractivity contribution in [2.24, 2.45) is 11.7 Å². The number of rotatable bonds is 4. The van der Waals surface area contributed by atoms with E-state index in [1.807, 2.05) is 13.8 Å². The van der Waals surface area contributed by atoms with E-state index in [4.69, 9.17) is 10.5 Å². The third-order valence-electron chi connectivity index (χ3n) is 2.43. The second-order valence-electron chi connectivity index (χ2n) is 3.23. The molecule has 0 saturated carbocycles. The van der Waals surface area contributed by atoms with Gasteiger partial charge in [-0.2, -0.15) is 0 Å². The van der Waals surface area contributed by atoms with E-state index in [1.54, 1.807) is 0 Å². The van der Waals surface area contributed by atoms with Gasteiger partial charge in [-0.3, -0.25) is 0 Å². The van der Waals surface area contributed by atoms with E-state index in [-0.39, 0.29) is 12.0 Å². The predicted octanol–water partition coefficient (Wildman–Crippen LogP) is 0.469. The zero-order chi connectivity index (χ0) is 8.48. The van der Waals surface area contributed by atoms with Gasteiger partial charge in [0.15, 0.2) is 0 Å². The first-order valence-electron chi connectivity index (χ1n) is 4.25. The quantitative estimate of drug-likeness (QED) is 0.586. The lowest BCUT2D eigenvalue weighted by Gasteiger charge is -2.23. The van der Waals surface area contributed by atoms with Gasteiger partial charge in [-0.15, -0.1) is 0 Å². The first-order valence-corrected chi connectivity index (χ1v) is 4.25. The Balaban J connectivity index is 2.49. The molecule has 0 bridgehead atoms. The number of hydrogen-bond donors (Lipinski definition) is 2. The maximum atomic E-state index is 9.53. The normalized spacial score (nSPS) is 34.9. The molecule has 3 atom stereocenters. The molecule has 0 amide bonds. The van der Waals surface area contributed by atoms with Crippen LogP contribution in [0.4, 0.5) is 0 Å². The van der Waals surface area contributed by atoms with Gasteiger partial charge in [0.2, 0.25) is 0 Å². The fraction of sp³-hybridized carbons (Fsp3) is 1.00. The molecule has 1 saturated heterocycles. The summed E-state index contributed by atoms with van der Waals surface area (Å²) < 4.78 is 5.09. The Morgan fingerprint density at radius 3 is 2.36 bits per heavy atom. The first kappa shape index (κ1) is 8.97. The highest BCUT2D eigenvalue weighted by molar-refractivity contribution is 4.94. The Morgan fingerprint density at radius 1 is 1.55 bits per heavy atom. The number of aliphatic hydroxyl groups excluding tert-OH is 1. The summed E-state index contributed by atoms with van der Waals surface area (Å²) in [5.41, 5.74) is 5.29. The lowest BCUT2D eigenvalue weighted by atomic mass is 9.90. The molecule has 1 rings (SSSR count). The molecule has 0 aromatic rings. The Morgan fingerprint density at radius 2 is 2.09 bits per heavy atom. The number of ether oxygens (including phenoxy) is 1. The molecule has 66 valence electrons. The van der Waals surface area contributed by atoms with Gasteiger partial charge in [-0.05, 0) is 12.8 Å². The lowest BCUT2D eigenvalue weighted by molar-refractivity contribution is 0.0497. The van der Waals surface area contributed by atoms with Crippen LogP contribution in [0.1, 0.15) is 26.7 Å². The number of aliphatic hydroxyl groups is 1. The minimum atomic E-state index is -0.510. The van der Waals surface area contributed by atoms with Crippen LogP contribution >= 0.6 is 0 Å². The van der Waals surface area contributed by atoms with Crippen molar-refractivity contribution in [1.82, 2.24) is 0 Å². The first-order chi connectivity index (χ1) is 5.14. The lowest BCUT2D eigenvalue weighted by Crippen LogP contribution is -2.40. The number of epoxide rings is 1. The molecule has 0 aliphatic carbocycles. The van der Waals surface area contributed by atoms with Gasteiger partial charge in [-0.1, -0.05) is 13.8 Å². The zero-order valence-electron chi connectivity index (χ0n) is 7.21. The summed E-state index contributed by atoms with van der Waals surface area (Å²) >= 11 is 0. The molecule has 0 aromatic heterocycles. The van der Waals surface area contributed by atoms with Gasteiger partial charge < -0.3 is 15.6 Å². The van der Waals surface area contributed by atoms with Gasteiger partial charge in [0.25, 0.3) is 0 Å². The van der Waals surface area contributed by atoms with Crippen molar-refractivity contribution < 1.29 is 9.84 Å². The highest BCUT2D eigenvalue weighted by Crippen LogP contribution is 2.34. The smallest absolute Gasteiger partial charge is 0.145 e. The van der Waals surface area contributed by atoms with Crippen molar-refractivity contribution in [2.75, 3.05) is 6.61 Å². The molecule has 1 aliphatic heterocycles. The second kappa shape index (κ2) is 3.09. The van der Waals surface area contributed by atoms with Crippen LogP contribution in [-0.2, 0) is 4.74 Å². The fourth-order valence-corrected chi connectivity index (χ4v) is 1.53. The van der Waals surface area contributed by atoms with Crippen molar-refractivity contribution >= 4 is 0 Å². The summed E-state index contributed by atoms with van der Waals surface area (Å²) in [6, 6.07) is 0. The molecule has 1 aliphatic rings. The van der Waals surface area contributed by atoms with Crippen molar-refractivity contribution in [1.29, 1.82) is 0 Å². The summed E-state index contributed by atoms with van der Waals surface area (Å²) in [6.07, 6.45) is 1.32. The minimum Gasteiger partial charge on any atom is -0.393 e. The molecule has 3 N–H and O–H groups in total. The molecule has 0 spiro atoms. The second-order valence-corrected chi connectivity index (χ2v) is 3.23.